The number of aromatic nitrogens is 3. The summed E-state index contributed by atoms with van der Waals surface area (Å²) in [6, 6.07) is 10.8. The Hall–Kier alpha value is -1.64. The van der Waals surface area contributed by atoms with Crippen molar-refractivity contribution < 1.29 is 0 Å². The molecule has 0 N–H and O–H groups in total. The second-order valence-electron chi connectivity index (χ2n) is 5.97. The minimum absolute atomic E-state index is 0.691. The first kappa shape index (κ1) is 11.2. The third-order valence-corrected chi connectivity index (χ3v) is 4.61. The van der Waals surface area contributed by atoms with Gasteiger partial charge in [0.05, 0.1) is 0 Å². The quantitative estimate of drug-likeness (QED) is 0.842. The van der Waals surface area contributed by atoms with Gasteiger partial charge in [-0.25, -0.2) is 0 Å². The highest BCUT2D eigenvalue weighted by molar-refractivity contribution is 5.17. The van der Waals surface area contributed by atoms with Crippen LogP contribution in [-0.4, -0.2) is 14.8 Å². The monoisotopic (exact) mass is 253 g/mol. The molecule has 1 aromatic heterocycles. The summed E-state index contributed by atoms with van der Waals surface area (Å²) in [6.07, 6.45) is 6.23. The van der Waals surface area contributed by atoms with Crippen LogP contribution in [0, 0.1) is 5.92 Å². The molecule has 2 aromatic rings. The van der Waals surface area contributed by atoms with Crippen LogP contribution in [0.25, 0.3) is 0 Å². The van der Waals surface area contributed by atoms with E-state index in [1.165, 1.54) is 36.5 Å². The van der Waals surface area contributed by atoms with Crippen molar-refractivity contribution in [3.8, 4) is 0 Å². The van der Waals surface area contributed by atoms with Crippen molar-refractivity contribution in [3.05, 3.63) is 47.5 Å². The average molecular weight is 253 g/mol. The van der Waals surface area contributed by atoms with Crippen molar-refractivity contribution in [2.24, 2.45) is 5.92 Å². The highest BCUT2D eigenvalue weighted by atomic mass is 15.3. The molecule has 2 aliphatic rings. The van der Waals surface area contributed by atoms with E-state index in [1.54, 1.807) is 0 Å². The van der Waals surface area contributed by atoms with E-state index < -0.39 is 0 Å². The number of rotatable bonds is 3. The molecule has 3 heteroatoms. The Labute approximate surface area is 113 Å². The van der Waals surface area contributed by atoms with Gasteiger partial charge in [0, 0.05) is 18.9 Å². The lowest BCUT2D eigenvalue weighted by Crippen LogP contribution is -2.16. The van der Waals surface area contributed by atoms with Crippen molar-refractivity contribution in [1.29, 1.82) is 0 Å². The van der Waals surface area contributed by atoms with Crippen LogP contribution < -0.4 is 0 Å². The van der Waals surface area contributed by atoms with Gasteiger partial charge in [0.25, 0.3) is 0 Å². The molecule has 1 unspecified atom stereocenters. The van der Waals surface area contributed by atoms with E-state index in [9.17, 15) is 0 Å². The fourth-order valence-electron chi connectivity index (χ4n) is 3.33. The van der Waals surface area contributed by atoms with Gasteiger partial charge in [-0.3, -0.25) is 0 Å². The summed E-state index contributed by atoms with van der Waals surface area (Å²) in [4.78, 5) is 0. The third kappa shape index (κ3) is 1.97. The molecular weight excluding hydrogens is 234 g/mol. The second kappa shape index (κ2) is 4.48. The summed E-state index contributed by atoms with van der Waals surface area (Å²) in [5, 5.41) is 8.82. The molecule has 1 aliphatic heterocycles. The number of hydrogen-bond donors (Lipinski definition) is 0. The predicted molar refractivity (Wildman–Crippen MR) is 74.0 cm³/mol. The molecule has 1 aliphatic carbocycles. The summed E-state index contributed by atoms with van der Waals surface area (Å²) in [5.74, 6) is 3.86. The van der Waals surface area contributed by atoms with Crippen molar-refractivity contribution in [2.45, 2.75) is 44.6 Å². The lowest BCUT2D eigenvalue weighted by molar-refractivity contribution is 0.379. The Kier molecular flexibility index (Phi) is 2.64. The zero-order valence-corrected chi connectivity index (χ0v) is 11.1. The van der Waals surface area contributed by atoms with Gasteiger partial charge in [0.15, 0.2) is 0 Å². The number of fused-ring (bicyclic) bond motifs is 1. The Morgan fingerprint density at radius 1 is 1.11 bits per heavy atom. The number of nitrogens with zero attached hydrogens (tertiary/aromatic N) is 3. The number of benzene rings is 1. The molecule has 0 saturated heterocycles. The fourth-order valence-corrected chi connectivity index (χ4v) is 3.33. The molecule has 1 saturated carbocycles. The molecule has 19 heavy (non-hydrogen) atoms. The van der Waals surface area contributed by atoms with Gasteiger partial charge in [0.2, 0.25) is 0 Å². The first-order chi connectivity index (χ1) is 9.40. The van der Waals surface area contributed by atoms with E-state index in [4.69, 9.17) is 0 Å². The number of hydrogen-bond acceptors (Lipinski definition) is 2. The molecule has 3 nitrogen and oxygen atoms in total. The zero-order valence-electron chi connectivity index (χ0n) is 11.1. The minimum atomic E-state index is 0.691. The molecule has 1 fully saturated rings. The Bertz CT molecular complexity index is 569. The predicted octanol–water partition coefficient (Wildman–Crippen LogP) is 2.96. The van der Waals surface area contributed by atoms with Crippen LogP contribution in [0.3, 0.4) is 0 Å². The molecule has 4 rings (SSSR count). The van der Waals surface area contributed by atoms with Gasteiger partial charge in [-0.05, 0) is 30.7 Å². The van der Waals surface area contributed by atoms with E-state index >= 15 is 0 Å². The van der Waals surface area contributed by atoms with Crippen LogP contribution in [0.2, 0.25) is 0 Å². The Morgan fingerprint density at radius 3 is 2.68 bits per heavy atom. The van der Waals surface area contributed by atoms with E-state index in [0.29, 0.717) is 11.8 Å². The van der Waals surface area contributed by atoms with Gasteiger partial charge >= 0.3 is 0 Å². The van der Waals surface area contributed by atoms with Gasteiger partial charge in [-0.15, -0.1) is 10.2 Å². The lowest BCUT2D eigenvalue weighted by atomic mass is 9.85. The average Bonchev–Trinajstić information content (AvgIpc) is 2.90. The fraction of sp³-hybridized carbons (Fsp3) is 0.500. The molecule has 1 aromatic carbocycles. The van der Waals surface area contributed by atoms with Crippen LogP contribution in [0.15, 0.2) is 30.3 Å². The third-order valence-electron chi connectivity index (χ3n) is 4.61. The summed E-state index contributed by atoms with van der Waals surface area (Å²) < 4.78 is 2.40. The topological polar surface area (TPSA) is 30.7 Å². The molecule has 0 radical (unpaired) electrons. The van der Waals surface area contributed by atoms with Crippen LogP contribution in [-0.2, 0) is 19.4 Å². The zero-order chi connectivity index (χ0) is 12.7. The van der Waals surface area contributed by atoms with Crippen molar-refractivity contribution >= 4 is 0 Å². The first-order valence-electron chi connectivity index (χ1n) is 7.36. The molecule has 0 spiro atoms. The maximum atomic E-state index is 4.41. The van der Waals surface area contributed by atoms with Crippen molar-refractivity contribution in [1.82, 2.24) is 14.8 Å². The summed E-state index contributed by atoms with van der Waals surface area (Å²) in [7, 11) is 0. The highest BCUT2D eigenvalue weighted by Crippen LogP contribution is 2.37. The summed E-state index contributed by atoms with van der Waals surface area (Å²) >= 11 is 0. The largest absolute Gasteiger partial charge is 0.314 e. The standard InChI is InChI=1S/C16H19N3/c1-2-5-12(6-3-1)9-13-10-15-17-18-16(19(15)11-13)14-7-4-8-14/h1-3,5-6,13-14H,4,7-11H2. The Morgan fingerprint density at radius 2 is 1.95 bits per heavy atom. The molecular formula is C16H19N3. The molecule has 1 atom stereocenters. The van der Waals surface area contributed by atoms with E-state index in [0.717, 1.165) is 19.4 Å². The normalized spacial score (nSPS) is 22.2. The Balaban J connectivity index is 1.50. The van der Waals surface area contributed by atoms with Gasteiger partial charge in [0.1, 0.15) is 11.6 Å². The van der Waals surface area contributed by atoms with Gasteiger partial charge in [-0.1, -0.05) is 36.8 Å². The lowest BCUT2D eigenvalue weighted by Gasteiger charge is -2.24. The summed E-state index contributed by atoms with van der Waals surface area (Å²) in [5.41, 5.74) is 1.44. The van der Waals surface area contributed by atoms with Crippen LogP contribution in [0.4, 0.5) is 0 Å². The SMILES string of the molecule is c1ccc(CC2Cc3nnc(C4CCC4)n3C2)cc1. The maximum absolute atomic E-state index is 4.41. The van der Waals surface area contributed by atoms with Gasteiger partial charge in [-0.2, -0.15) is 0 Å². The van der Waals surface area contributed by atoms with E-state index in [2.05, 4.69) is 45.1 Å². The minimum Gasteiger partial charge on any atom is -0.314 e. The molecule has 2 heterocycles. The van der Waals surface area contributed by atoms with Crippen LogP contribution in [0.1, 0.15) is 42.4 Å². The molecule has 98 valence electrons. The van der Waals surface area contributed by atoms with Crippen LogP contribution in [0.5, 0.6) is 0 Å². The summed E-state index contributed by atoms with van der Waals surface area (Å²) in [6.45, 7) is 1.11. The van der Waals surface area contributed by atoms with Crippen molar-refractivity contribution in [2.75, 3.05) is 0 Å². The smallest absolute Gasteiger partial charge is 0.136 e. The van der Waals surface area contributed by atoms with Crippen LogP contribution >= 0.6 is 0 Å². The van der Waals surface area contributed by atoms with E-state index in [-0.39, 0.29) is 0 Å². The van der Waals surface area contributed by atoms with Gasteiger partial charge < -0.3 is 4.57 Å². The maximum Gasteiger partial charge on any atom is 0.136 e. The van der Waals surface area contributed by atoms with E-state index in [1.807, 2.05) is 0 Å². The molecule has 0 amide bonds. The highest BCUT2D eigenvalue weighted by Gasteiger charge is 2.31. The molecule has 0 bridgehead atoms. The second-order valence-corrected chi connectivity index (χ2v) is 5.97. The first-order valence-corrected chi connectivity index (χ1v) is 7.36. The van der Waals surface area contributed by atoms with Crippen molar-refractivity contribution in [3.63, 3.8) is 0 Å².